The molecule has 2 heterocycles. The van der Waals surface area contributed by atoms with Crippen LogP contribution in [0.1, 0.15) is 40.3 Å². The largest absolute Gasteiger partial charge is 0.485 e. The van der Waals surface area contributed by atoms with Crippen LogP contribution in [-0.4, -0.2) is 23.2 Å². The molecule has 0 aromatic carbocycles. The van der Waals surface area contributed by atoms with Crippen molar-refractivity contribution in [3.05, 3.63) is 41.0 Å². The molecule has 3 rings (SSSR count). The first kappa shape index (κ1) is 13.6. The molecular weight excluding hydrogens is 272 g/mol. The van der Waals surface area contributed by atoms with Crippen molar-refractivity contribution in [1.29, 1.82) is 0 Å². The van der Waals surface area contributed by atoms with E-state index in [4.69, 9.17) is 9.26 Å². The maximum atomic E-state index is 11.6. The van der Waals surface area contributed by atoms with Crippen molar-refractivity contribution in [1.82, 2.24) is 10.1 Å². The van der Waals surface area contributed by atoms with Gasteiger partial charge in [0.25, 0.3) is 0 Å². The van der Waals surface area contributed by atoms with Gasteiger partial charge < -0.3 is 14.0 Å². The number of pyridine rings is 1. The monoisotopic (exact) mass is 288 g/mol. The number of ether oxygens (including phenoxy) is 2. The summed E-state index contributed by atoms with van der Waals surface area (Å²) in [7, 11) is 1.31. The number of aryl methyl sites for hydroxylation is 1. The predicted octanol–water partition coefficient (Wildman–Crippen LogP) is 2.31. The number of fused-ring (bicyclic) bond motifs is 1. The van der Waals surface area contributed by atoms with Gasteiger partial charge in [0.05, 0.1) is 7.11 Å². The molecule has 2 aromatic rings. The lowest BCUT2D eigenvalue weighted by atomic mass is 9.97. The molecule has 0 unspecified atom stereocenters. The standard InChI is InChI=1S/C15H16N2O4/c1-19-15(18)14-13(7-4-8-16-14)20-9-11-10-5-2-3-6-12(10)21-17-11/h4,7-8H,2-3,5-6,9H2,1H3. The van der Waals surface area contributed by atoms with Crippen molar-refractivity contribution in [3.63, 3.8) is 0 Å². The molecule has 110 valence electrons. The predicted molar refractivity (Wildman–Crippen MR) is 73.1 cm³/mol. The maximum absolute atomic E-state index is 11.6. The minimum Gasteiger partial charge on any atom is -0.485 e. The first-order chi connectivity index (χ1) is 10.3. The number of rotatable bonds is 4. The van der Waals surface area contributed by atoms with E-state index in [0.29, 0.717) is 5.75 Å². The normalized spacial score (nSPS) is 13.6. The third kappa shape index (κ3) is 2.74. The van der Waals surface area contributed by atoms with Crippen LogP contribution in [0.5, 0.6) is 5.75 Å². The summed E-state index contributed by atoms with van der Waals surface area (Å²) in [5.41, 5.74) is 2.10. The summed E-state index contributed by atoms with van der Waals surface area (Å²) >= 11 is 0. The lowest BCUT2D eigenvalue weighted by Gasteiger charge is -2.11. The second kappa shape index (κ2) is 5.95. The average molecular weight is 288 g/mol. The summed E-state index contributed by atoms with van der Waals surface area (Å²) in [6, 6.07) is 3.39. The third-order valence-electron chi connectivity index (χ3n) is 3.55. The molecule has 0 saturated carbocycles. The number of methoxy groups -OCH3 is 1. The van der Waals surface area contributed by atoms with Gasteiger partial charge in [-0.3, -0.25) is 0 Å². The molecule has 6 heteroatoms. The Kier molecular flexibility index (Phi) is 3.85. The topological polar surface area (TPSA) is 74.5 Å². The summed E-state index contributed by atoms with van der Waals surface area (Å²) in [5.74, 6) is 0.823. The molecular formula is C15H16N2O4. The number of hydrogen-bond acceptors (Lipinski definition) is 6. The summed E-state index contributed by atoms with van der Waals surface area (Å²) in [6.07, 6.45) is 5.70. The molecule has 0 saturated heterocycles. The Morgan fingerprint density at radius 2 is 2.24 bits per heavy atom. The highest BCUT2D eigenvalue weighted by Gasteiger charge is 2.20. The highest BCUT2D eigenvalue weighted by Crippen LogP contribution is 2.25. The molecule has 1 aliphatic rings. The smallest absolute Gasteiger partial charge is 0.360 e. The van der Waals surface area contributed by atoms with Crippen molar-refractivity contribution in [2.24, 2.45) is 0 Å². The summed E-state index contributed by atoms with van der Waals surface area (Å²) in [4.78, 5) is 15.6. The summed E-state index contributed by atoms with van der Waals surface area (Å²) in [6.45, 7) is 0.258. The minimum absolute atomic E-state index is 0.164. The van der Waals surface area contributed by atoms with E-state index in [9.17, 15) is 4.79 Å². The van der Waals surface area contributed by atoms with Gasteiger partial charge in [-0.05, 0) is 31.4 Å². The summed E-state index contributed by atoms with van der Waals surface area (Å²) < 4.78 is 15.7. The zero-order valence-electron chi connectivity index (χ0n) is 11.8. The Labute approximate surface area is 122 Å². The first-order valence-electron chi connectivity index (χ1n) is 6.92. The molecule has 0 N–H and O–H groups in total. The number of nitrogens with zero attached hydrogens (tertiary/aromatic N) is 2. The second-order valence-electron chi connectivity index (χ2n) is 4.87. The van der Waals surface area contributed by atoms with Gasteiger partial charge in [0.1, 0.15) is 18.1 Å². The van der Waals surface area contributed by atoms with Crippen molar-refractivity contribution in [2.75, 3.05) is 7.11 Å². The average Bonchev–Trinajstić information content (AvgIpc) is 2.96. The van der Waals surface area contributed by atoms with Crippen LogP contribution >= 0.6 is 0 Å². The van der Waals surface area contributed by atoms with Crippen molar-refractivity contribution < 1.29 is 18.8 Å². The van der Waals surface area contributed by atoms with Gasteiger partial charge in [-0.1, -0.05) is 5.16 Å². The van der Waals surface area contributed by atoms with Gasteiger partial charge in [-0.15, -0.1) is 0 Å². The van der Waals surface area contributed by atoms with Crippen LogP contribution in [0.25, 0.3) is 0 Å². The molecule has 0 amide bonds. The number of carbonyl (C=O) groups excluding carboxylic acids is 1. The molecule has 1 aliphatic carbocycles. The van der Waals surface area contributed by atoms with Crippen molar-refractivity contribution in [3.8, 4) is 5.75 Å². The fourth-order valence-corrected chi connectivity index (χ4v) is 2.47. The lowest BCUT2D eigenvalue weighted by Crippen LogP contribution is -2.09. The number of aromatic nitrogens is 2. The molecule has 2 aromatic heterocycles. The van der Waals surface area contributed by atoms with Gasteiger partial charge in [-0.25, -0.2) is 9.78 Å². The molecule has 0 radical (unpaired) electrons. The van der Waals surface area contributed by atoms with Crippen LogP contribution < -0.4 is 4.74 Å². The molecule has 6 nitrogen and oxygen atoms in total. The van der Waals surface area contributed by atoms with Gasteiger partial charge in [0.15, 0.2) is 11.4 Å². The van der Waals surface area contributed by atoms with Crippen LogP contribution in [-0.2, 0) is 24.2 Å². The van der Waals surface area contributed by atoms with Crippen LogP contribution in [0.15, 0.2) is 22.9 Å². The highest BCUT2D eigenvalue weighted by molar-refractivity contribution is 5.90. The molecule has 0 fully saturated rings. The van der Waals surface area contributed by atoms with Crippen LogP contribution in [0.4, 0.5) is 0 Å². The SMILES string of the molecule is COC(=O)c1ncccc1OCc1noc2c1CCCC2. The second-order valence-corrected chi connectivity index (χ2v) is 4.87. The zero-order chi connectivity index (χ0) is 14.7. The molecule has 0 atom stereocenters. The summed E-state index contributed by atoms with van der Waals surface area (Å²) in [5, 5.41) is 4.07. The van der Waals surface area contributed by atoms with Crippen LogP contribution in [0, 0.1) is 0 Å². The fraction of sp³-hybridized carbons (Fsp3) is 0.400. The molecule has 0 spiro atoms. The maximum Gasteiger partial charge on any atom is 0.360 e. The Morgan fingerprint density at radius 3 is 3.10 bits per heavy atom. The van der Waals surface area contributed by atoms with Crippen molar-refractivity contribution >= 4 is 5.97 Å². The van der Waals surface area contributed by atoms with Gasteiger partial charge in [0.2, 0.25) is 0 Å². The van der Waals surface area contributed by atoms with Gasteiger partial charge >= 0.3 is 5.97 Å². The van der Waals surface area contributed by atoms with E-state index < -0.39 is 5.97 Å². The van der Waals surface area contributed by atoms with E-state index in [0.717, 1.165) is 42.7 Å². The Balaban J connectivity index is 1.76. The number of carbonyl (C=O) groups is 1. The minimum atomic E-state index is -0.521. The van der Waals surface area contributed by atoms with E-state index in [1.54, 1.807) is 12.1 Å². The van der Waals surface area contributed by atoms with Gasteiger partial charge in [-0.2, -0.15) is 0 Å². The number of esters is 1. The molecule has 0 aliphatic heterocycles. The van der Waals surface area contributed by atoms with E-state index in [2.05, 4.69) is 14.9 Å². The molecule has 21 heavy (non-hydrogen) atoms. The number of hydrogen-bond donors (Lipinski definition) is 0. The van der Waals surface area contributed by atoms with Crippen LogP contribution in [0.3, 0.4) is 0 Å². The Bertz CT molecular complexity index is 651. The Hall–Kier alpha value is -2.37. The van der Waals surface area contributed by atoms with E-state index in [1.807, 2.05) is 0 Å². The highest BCUT2D eigenvalue weighted by atomic mass is 16.5. The quantitative estimate of drug-likeness (QED) is 0.804. The first-order valence-corrected chi connectivity index (χ1v) is 6.92. The van der Waals surface area contributed by atoms with Crippen molar-refractivity contribution in [2.45, 2.75) is 32.3 Å². The zero-order valence-corrected chi connectivity index (χ0v) is 11.8. The lowest BCUT2D eigenvalue weighted by molar-refractivity contribution is 0.0588. The van der Waals surface area contributed by atoms with E-state index in [-0.39, 0.29) is 12.3 Å². The third-order valence-corrected chi connectivity index (χ3v) is 3.55. The van der Waals surface area contributed by atoms with Crippen LogP contribution in [0.2, 0.25) is 0 Å². The van der Waals surface area contributed by atoms with E-state index in [1.165, 1.54) is 13.3 Å². The van der Waals surface area contributed by atoms with E-state index >= 15 is 0 Å². The fourth-order valence-electron chi connectivity index (χ4n) is 2.47. The molecule has 0 bridgehead atoms. The Morgan fingerprint density at radius 1 is 1.38 bits per heavy atom. The van der Waals surface area contributed by atoms with Gasteiger partial charge in [0, 0.05) is 18.2 Å².